The van der Waals surface area contributed by atoms with Crippen molar-refractivity contribution in [3.63, 3.8) is 0 Å². The Labute approximate surface area is 112 Å². The van der Waals surface area contributed by atoms with Gasteiger partial charge in [-0.25, -0.2) is 4.98 Å². The van der Waals surface area contributed by atoms with Crippen LogP contribution in [0.4, 0.5) is 0 Å². The fraction of sp³-hybridized carbons (Fsp3) is 0.333. The van der Waals surface area contributed by atoms with Crippen LogP contribution in [0.2, 0.25) is 0 Å². The molecule has 2 rings (SSSR count). The summed E-state index contributed by atoms with van der Waals surface area (Å²) in [6.45, 7) is 5.97. The van der Waals surface area contributed by atoms with Gasteiger partial charge in [0.05, 0.1) is 15.6 Å². The fourth-order valence-corrected chi connectivity index (χ4v) is 2.91. The van der Waals surface area contributed by atoms with E-state index < -0.39 is 0 Å². The number of ketones is 1. The summed E-state index contributed by atoms with van der Waals surface area (Å²) < 4.78 is 0. The highest BCUT2D eigenvalue weighted by Crippen LogP contribution is 2.21. The Morgan fingerprint density at radius 3 is 2.72 bits per heavy atom. The quantitative estimate of drug-likeness (QED) is 0.778. The smallest absolute Gasteiger partial charge is 0.204 e. The number of benzene rings is 1. The minimum atomic E-state index is 0.0936. The van der Waals surface area contributed by atoms with Crippen molar-refractivity contribution in [1.82, 2.24) is 4.98 Å². The third-order valence-corrected chi connectivity index (χ3v) is 3.91. The van der Waals surface area contributed by atoms with E-state index in [1.54, 1.807) is 0 Å². The van der Waals surface area contributed by atoms with Crippen molar-refractivity contribution in [1.29, 1.82) is 0 Å². The number of hydrogen-bond acceptors (Lipinski definition) is 3. The summed E-state index contributed by atoms with van der Waals surface area (Å²) in [6, 6.07) is 7.92. The van der Waals surface area contributed by atoms with Gasteiger partial charge in [0.15, 0.2) is 0 Å². The third kappa shape index (κ3) is 2.67. The predicted molar refractivity (Wildman–Crippen MR) is 75.5 cm³/mol. The van der Waals surface area contributed by atoms with Crippen LogP contribution in [0.1, 0.15) is 44.8 Å². The molecule has 2 aromatic rings. The molecule has 94 valence electrons. The van der Waals surface area contributed by atoms with E-state index in [2.05, 4.69) is 18.0 Å². The summed E-state index contributed by atoms with van der Waals surface area (Å²) in [6.07, 6.45) is 2.11. The average molecular weight is 259 g/mol. The van der Waals surface area contributed by atoms with Crippen LogP contribution in [0.5, 0.6) is 0 Å². The molecular weight excluding hydrogens is 242 g/mol. The van der Waals surface area contributed by atoms with Crippen molar-refractivity contribution in [3.8, 4) is 0 Å². The normalized spacial score (nSPS) is 10.6. The number of carbonyl (C=O) groups excluding carboxylic acids is 1. The molecule has 0 bridgehead atoms. The molecule has 1 aromatic heterocycles. The number of thiazole rings is 1. The zero-order valence-electron chi connectivity index (χ0n) is 11.0. The minimum absolute atomic E-state index is 0.0936. The van der Waals surface area contributed by atoms with E-state index in [4.69, 9.17) is 0 Å². The summed E-state index contributed by atoms with van der Waals surface area (Å²) in [5.41, 5.74) is 2.83. The Morgan fingerprint density at radius 1 is 1.33 bits per heavy atom. The second-order valence-corrected chi connectivity index (χ2v) is 5.63. The molecule has 0 unspecified atom stereocenters. The van der Waals surface area contributed by atoms with Crippen molar-refractivity contribution in [2.24, 2.45) is 0 Å². The molecule has 0 N–H and O–H groups in total. The maximum absolute atomic E-state index is 12.4. The lowest BCUT2D eigenvalue weighted by Crippen LogP contribution is -2.01. The molecule has 0 aliphatic carbocycles. The zero-order chi connectivity index (χ0) is 13.1. The minimum Gasteiger partial charge on any atom is -0.288 e. The van der Waals surface area contributed by atoms with E-state index in [1.165, 1.54) is 16.9 Å². The second-order valence-electron chi connectivity index (χ2n) is 4.43. The lowest BCUT2D eigenvalue weighted by Gasteiger charge is -2.03. The molecule has 0 fully saturated rings. The summed E-state index contributed by atoms with van der Waals surface area (Å²) >= 11 is 1.48. The van der Waals surface area contributed by atoms with Gasteiger partial charge in [-0.05, 0) is 31.9 Å². The van der Waals surface area contributed by atoms with Gasteiger partial charge in [0.25, 0.3) is 0 Å². The molecule has 1 aromatic carbocycles. The Hall–Kier alpha value is -1.48. The molecule has 0 radical (unpaired) electrons. The number of carbonyl (C=O) groups is 1. The Kier molecular flexibility index (Phi) is 3.92. The highest BCUT2D eigenvalue weighted by molar-refractivity contribution is 7.14. The number of nitrogens with zero attached hydrogens (tertiary/aromatic N) is 1. The van der Waals surface area contributed by atoms with E-state index in [0.29, 0.717) is 0 Å². The first-order valence-electron chi connectivity index (χ1n) is 6.19. The molecule has 3 heteroatoms. The van der Waals surface area contributed by atoms with Crippen LogP contribution >= 0.6 is 11.3 Å². The Bertz CT molecular complexity index is 572. The maximum atomic E-state index is 12.4. The number of aryl methyl sites for hydroxylation is 3. The molecule has 0 aliphatic rings. The van der Waals surface area contributed by atoms with Crippen LogP contribution in [0.3, 0.4) is 0 Å². The van der Waals surface area contributed by atoms with Crippen molar-refractivity contribution in [2.75, 3.05) is 0 Å². The average Bonchev–Trinajstić information content (AvgIpc) is 2.68. The van der Waals surface area contributed by atoms with Crippen molar-refractivity contribution in [3.05, 3.63) is 51.0 Å². The SMILES string of the molecule is CCCc1cccc(C(=O)c2sc(C)nc2C)c1. The highest BCUT2D eigenvalue weighted by Gasteiger charge is 2.15. The Morgan fingerprint density at radius 2 is 2.11 bits per heavy atom. The van der Waals surface area contributed by atoms with Crippen LogP contribution in [0.25, 0.3) is 0 Å². The van der Waals surface area contributed by atoms with Crippen LogP contribution in [-0.2, 0) is 6.42 Å². The molecular formula is C15H17NOS. The monoisotopic (exact) mass is 259 g/mol. The first kappa shape index (κ1) is 13.0. The van der Waals surface area contributed by atoms with Gasteiger partial charge in [0.2, 0.25) is 5.78 Å². The van der Waals surface area contributed by atoms with Crippen LogP contribution in [-0.4, -0.2) is 10.8 Å². The molecule has 0 spiro atoms. The lowest BCUT2D eigenvalue weighted by atomic mass is 10.0. The van der Waals surface area contributed by atoms with Gasteiger partial charge < -0.3 is 0 Å². The molecule has 0 saturated heterocycles. The largest absolute Gasteiger partial charge is 0.288 e. The van der Waals surface area contributed by atoms with Crippen LogP contribution in [0, 0.1) is 13.8 Å². The molecule has 0 aliphatic heterocycles. The van der Waals surface area contributed by atoms with Crippen molar-refractivity contribution >= 4 is 17.1 Å². The summed E-state index contributed by atoms with van der Waals surface area (Å²) in [5, 5.41) is 0.945. The lowest BCUT2D eigenvalue weighted by molar-refractivity contribution is 0.104. The molecule has 0 saturated carbocycles. The third-order valence-electron chi connectivity index (χ3n) is 2.84. The predicted octanol–water partition coefficient (Wildman–Crippen LogP) is 3.94. The summed E-state index contributed by atoms with van der Waals surface area (Å²) in [4.78, 5) is 17.5. The second kappa shape index (κ2) is 5.44. The summed E-state index contributed by atoms with van der Waals surface area (Å²) in [7, 11) is 0. The maximum Gasteiger partial charge on any atom is 0.204 e. The molecule has 1 heterocycles. The molecule has 2 nitrogen and oxygen atoms in total. The van der Waals surface area contributed by atoms with Gasteiger partial charge in [0.1, 0.15) is 0 Å². The van der Waals surface area contributed by atoms with Crippen LogP contribution < -0.4 is 0 Å². The molecule has 0 atom stereocenters. The van der Waals surface area contributed by atoms with Gasteiger partial charge in [-0.15, -0.1) is 11.3 Å². The van der Waals surface area contributed by atoms with E-state index in [9.17, 15) is 4.79 Å². The van der Waals surface area contributed by atoms with Gasteiger partial charge in [-0.1, -0.05) is 31.5 Å². The number of aromatic nitrogens is 1. The van der Waals surface area contributed by atoms with Crippen LogP contribution in [0.15, 0.2) is 24.3 Å². The zero-order valence-corrected chi connectivity index (χ0v) is 11.8. The number of hydrogen-bond donors (Lipinski definition) is 0. The van der Waals surface area contributed by atoms with Gasteiger partial charge in [-0.2, -0.15) is 0 Å². The topological polar surface area (TPSA) is 30.0 Å². The van der Waals surface area contributed by atoms with Crippen molar-refractivity contribution < 1.29 is 4.79 Å². The molecule has 0 amide bonds. The highest BCUT2D eigenvalue weighted by atomic mass is 32.1. The van der Waals surface area contributed by atoms with Gasteiger partial charge in [0, 0.05) is 5.56 Å². The van der Waals surface area contributed by atoms with E-state index in [-0.39, 0.29) is 5.78 Å². The van der Waals surface area contributed by atoms with E-state index in [0.717, 1.165) is 34.0 Å². The first-order valence-corrected chi connectivity index (χ1v) is 7.01. The van der Waals surface area contributed by atoms with Crippen molar-refractivity contribution in [2.45, 2.75) is 33.6 Å². The fourth-order valence-electron chi connectivity index (χ4n) is 2.03. The standard InChI is InChI=1S/C15H17NOS/c1-4-6-12-7-5-8-13(9-12)14(17)15-10(2)16-11(3)18-15/h5,7-9H,4,6H2,1-3H3. The van der Waals surface area contributed by atoms with Gasteiger partial charge in [-0.3, -0.25) is 4.79 Å². The van der Waals surface area contributed by atoms with E-state index >= 15 is 0 Å². The summed E-state index contributed by atoms with van der Waals surface area (Å²) in [5.74, 6) is 0.0936. The number of rotatable bonds is 4. The molecule has 18 heavy (non-hydrogen) atoms. The Balaban J connectivity index is 2.34. The first-order chi connectivity index (χ1) is 8.61. The van der Waals surface area contributed by atoms with Gasteiger partial charge >= 0.3 is 0 Å². The van der Waals surface area contributed by atoms with E-state index in [1.807, 2.05) is 32.0 Å².